The SMILES string of the molecule is CCC(CC)CN(CC)CCC(=O)Nc1cccc(N)c1. The minimum Gasteiger partial charge on any atom is -0.399 e. The molecule has 118 valence electrons. The van der Waals surface area contributed by atoms with Crippen molar-refractivity contribution in [2.45, 2.75) is 40.0 Å². The van der Waals surface area contributed by atoms with Gasteiger partial charge in [0.2, 0.25) is 5.91 Å². The fourth-order valence-corrected chi connectivity index (χ4v) is 2.39. The predicted octanol–water partition coefficient (Wildman–Crippen LogP) is 3.36. The summed E-state index contributed by atoms with van der Waals surface area (Å²) in [6.07, 6.45) is 2.91. The van der Waals surface area contributed by atoms with E-state index in [-0.39, 0.29) is 5.91 Å². The maximum atomic E-state index is 12.0. The second-order valence-electron chi connectivity index (χ2n) is 5.50. The lowest BCUT2D eigenvalue weighted by Gasteiger charge is -2.24. The molecule has 0 saturated carbocycles. The monoisotopic (exact) mass is 291 g/mol. The van der Waals surface area contributed by atoms with Crippen molar-refractivity contribution >= 4 is 17.3 Å². The van der Waals surface area contributed by atoms with Crippen LogP contribution in [0.4, 0.5) is 11.4 Å². The molecule has 0 aliphatic carbocycles. The van der Waals surface area contributed by atoms with E-state index in [1.54, 1.807) is 6.07 Å². The first-order chi connectivity index (χ1) is 10.1. The van der Waals surface area contributed by atoms with Gasteiger partial charge in [0.25, 0.3) is 0 Å². The molecule has 0 spiro atoms. The molecule has 0 bridgehead atoms. The molecule has 0 aliphatic rings. The lowest BCUT2D eigenvalue weighted by molar-refractivity contribution is -0.116. The summed E-state index contributed by atoms with van der Waals surface area (Å²) in [4.78, 5) is 14.3. The van der Waals surface area contributed by atoms with Gasteiger partial charge in [-0.3, -0.25) is 4.79 Å². The van der Waals surface area contributed by atoms with E-state index in [1.165, 1.54) is 12.8 Å². The van der Waals surface area contributed by atoms with Gasteiger partial charge in [0.1, 0.15) is 0 Å². The van der Waals surface area contributed by atoms with Crippen LogP contribution in [0, 0.1) is 5.92 Å². The molecule has 3 N–H and O–H groups in total. The molecule has 0 saturated heterocycles. The van der Waals surface area contributed by atoms with Crippen molar-refractivity contribution < 1.29 is 4.79 Å². The van der Waals surface area contributed by atoms with Crippen LogP contribution in [-0.4, -0.2) is 30.4 Å². The number of nitrogen functional groups attached to an aromatic ring is 1. The van der Waals surface area contributed by atoms with E-state index in [2.05, 4.69) is 31.0 Å². The lowest BCUT2D eigenvalue weighted by Crippen LogP contribution is -2.32. The number of benzene rings is 1. The molecular formula is C17H29N3O. The van der Waals surface area contributed by atoms with Crippen molar-refractivity contribution in [1.82, 2.24) is 4.90 Å². The maximum absolute atomic E-state index is 12.0. The minimum atomic E-state index is 0.0450. The molecule has 0 radical (unpaired) electrons. The first kappa shape index (κ1) is 17.5. The van der Waals surface area contributed by atoms with Gasteiger partial charge in [-0.1, -0.05) is 39.7 Å². The van der Waals surface area contributed by atoms with Crippen LogP contribution in [0.5, 0.6) is 0 Å². The smallest absolute Gasteiger partial charge is 0.225 e. The van der Waals surface area contributed by atoms with Crippen molar-refractivity contribution in [1.29, 1.82) is 0 Å². The van der Waals surface area contributed by atoms with E-state index >= 15 is 0 Å². The highest BCUT2D eigenvalue weighted by Crippen LogP contribution is 2.13. The normalized spacial score (nSPS) is 11.1. The standard InChI is InChI=1S/C17H29N3O/c1-4-14(5-2)13-20(6-3)11-10-17(21)19-16-9-7-8-15(18)12-16/h7-9,12,14H,4-6,10-11,13,18H2,1-3H3,(H,19,21). The predicted molar refractivity (Wildman–Crippen MR) is 90.3 cm³/mol. The van der Waals surface area contributed by atoms with Gasteiger partial charge < -0.3 is 16.0 Å². The van der Waals surface area contributed by atoms with E-state index in [9.17, 15) is 4.79 Å². The highest BCUT2D eigenvalue weighted by atomic mass is 16.1. The zero-order valence-corrected chi connectivity index (χ0v) is 13.6. The van der Waals surface area contributed by atoms with E-state index in [4.69, 9.17) is 5.73 Å². The molecule has 1 aromatic rings. The van der Waals surface area contributed by atoms with E-state index < -0.39 is 0 Å². The molecule has 1 amide bonds. The maximum Gasteiger partial charge on any atom is 0.225 e. The Morgan fingerprint density at radius 2 is 2.00 bits per heavy atom. The summed E-state index contributed by atoms with van der Waals surface area (Å²) >= 11 is 0. The fraction of sp³-hybridized carbons (Fsp3) is 0.588. The molecule has 4 heteroatoms. The quantitative estimate of drug-likeness (QED) is 0.686. The zero-order chi connectivity index (χ0) is 15.7. The summed E-state index contributed by atoms with van der Waals surface area (Å²) in [6, 6.07) is 7.29. The highest BCUT2D eigenvalue weighted by Gasteiger charge is 2.11. The number of carbonyl (C=O) groups is 1. The summed E-state index contributed by atoms with van der Waals surface area (Å²) in [5.41, 5.74) is 7.13. The molecule has 0 heterocycles. The van der Waals surface area contributed by atoms with Gasteiger partial charge in [0.05, 0.1) is 0 Å². The van der Waals surface area contributed by atoms with Gasteiger partial charge in [0.15, 0.2) is 0 Å². The van der Waals surface area contributed by atoms with Crippen LogP contribution >= 0.6 is 0 Å². The number of hydrogen-bond donors (Lipinski definition) is 2. The van der Waals surface area contributed by atoms with E-state index in [1.807, 2.05) is 18.2 Å². The van der Waals surface area contributed by atoms with Gasteiger partial charge in [-0.15, -0.1) is 0 Å². The zero-order valence-electron chi connectivity index (χ0n) is 13.6. The van der Waals surface area contributed by atoms with Crippen molar-refractivity contribution in [3.05, 3.63) is 24.3 Å². The van der Waals surface area contributed by atoms with E-state index in [0.717, 1.165) is 31.2 Å². The topological polar surface area (TPSA) is 58.4 Å². The molecular weight excluding hydrogens is 262 g/mol. The molecule has 0 aliphatic heterocycles. The van der Waals surface area contributed by atoms with Gasteiger partial charge in [-0.25, -0.2) is 0 Å². The summed E-state index contributed by atoms with van der Waals surface area (Å²) in [5, 5.41) is 2.90. The molecule has 1 rings (SSSR count). The van der Waals surface area contributed by atoms with Crippen LogP contribution in [0.1, 0.15) is 40.0 Å². The molecule has 0 atom stereocenters. The number of rotatable bonds is 9. The Balaban J connectivity index is 2.40. The number of hydrogen-bond acceptors (Lipinski definition) is 3. The molecule has 21 heavy (non-hydrogen) atoms. The number of nitrogens with one attached hydrogen (secondary N) is 1. The molecule has 4 nitrogen and oxygen atoms in total. The van der Waals surface area contributed by atoms with Crippen LogP contribution in [0.25, 0.3) is 0 Å². The Morgan fingerprint density at radius 3 is 2.57 bits per heavy atom. The summed E-state index contributed by atoms with van der Waals surface area (Å²) in [7, 11) is 0. The van der Waals surface area contributed by atoms with Gasteiger partial charge in [-0.2, -0.15) is 0 Å². The van der Waals surface area contributed by atoms with Crippen LogP contribution in [0.15, 0.2) is 24.3 Å². The molecule has 0 aromatic heterocycles. The Labute approximate surface area is 128 Å². The number of carbonyl (C=O) groups excluding carboxylic acids is 1. The Morgan fingerprint density at radius 1 is 1.29 bits per heavy atom. The third kappa shape index (κ3) is 6.63. The van der Waals surface area contributed by atoms with Crippen LogP contribution in [-0.2, 0) is 4.79 Å². The Bertz CT molecular complexity index is 430. The van der Waals surface area contributed by atoms with E-state index in [0.29, 0.717) is 12.1 Å². The summed E-state index contributed by atoms with van der Waals surface area (Å²) in [6.45, 7) is 9.49. The molecule has 0 unspecified atom stereocenters. The average molecular weight is 291 g/mol. The minimum absolute atomic E-state index is 0.0450. The Hall–Kier alpha value is -1.55. The number of nitrogens with two attached hydrogens (primary N) is 1. The number of nitrogens with zero attached hydrogens (tertiary/aromatic N) is 1. The first-order valence-electron chi connectivity index (χ1n) is 7.96. The lowest BCUT2D eigenvalue weighted by atomic mass is 10.0. The third-order valence-corrected chi connectivity index (χ3v) is 3.94. The molecule has 0 fully saturated rings. The van der Waals surface area contributed by atoms with Gasteiger partial charge in [-0.05, 0) is 30.7 Å². The number of amides is 1. The fourth-order valence-electron chi connectivity index (χ4n) is 2.39. The highest BCUT2D eigenvalue weighted by molar-refractivity contribution is 5.91. The van der Waals surface area contributed by atoms with Gasteiger partial charge >= 0.3 is 0 Å². The molecule has 1 aromatic carbocycles. The average Bonchev–Trinajstić information content (AvgIpc) is 2.47. The second kappa shape index (κ2) is 9.40. The van der Waals surface area contributed by atoms with Crippen molar-refractivity contribution in [2.75, 3.05) is 30.7 Å². The Kier molecular flexibility index (Phi) is 7.83. The summed E-state index contributed by atoms with van der Waals surface area (Å²) in [5.74, 6) is 0.769. The van der Waals surface area contributed by atoms with Crippen LogP contribution in [0.3, 0.4) is 0 Å². The second-order valence-corrected chi connectivity index (χ2v) is 5.50. The van der Waals surface area contributed by atoms with Crippen molar-refractivity contribution in [3.63, 3.8) is 0 Å². The van der Waals surface area contributed by atoms with Crippen molar-refractivity contribution in [2.24, 2.45) is 5.92 Å². The number of anilines is 2. The van der Waals surface area contributed by atoms with Gasteiger partial charge in [0, 0.05) is 30.9 Å². The third-order valence-electron chi connectivity index (χ3n) is 3.94. The summed E-state index contributed by atoms with van der Waals surface area (Å²) < 4.78 is 0. The first-order valence-corrected chi connectivity index (χ1v) is 7.96. The van der Waals surface area contributed by atoms with Crippen LogP contribution in [0.2, 0.25) is 0 Å². The van der Waals surface area contributed by atoms with Crippen LogP contribution < -0.4 is 11.1 Å². The van der Waals surface area contributed by atoms with Crippen molar-refractivity contribution in [3.8, 4) is 0 Å². The largest absolute Gasteiger partial charge is 0.399 e.